The Kier molecular flexibility index (Phi) is 4.41. The summed E-state index contributed by atoms with van der Waals surface area (Å²) in [6, 6.07) is 9.66. The van der Waals surface area contributed by atoms with Crippen molar-refractivity contribution in [3.8, 4) is 0 Å². The number of carbonyl (C=O) groups is 1. The Morgan fingerprint density at radius 1 is 1.26 bits per heavy atom. The molecule has 1 aromatic carbocycles. The maximum atomic E-state index is 12.6. The summed E-state index contributed by atoms with van der Waals surface area (Å²) in [7, 11) is 0. The van der Waals surface area contributed by atoms with Gasteiger partial charge in [0.2, 0.25) is 0 Å². The maximum Gasteiger partial charge on any atom is 0.169 e. The van der Waals surface area contributed by atoms with Crippen molar-refractivity contribution in [2.24, 2.45) is 11.3 Å². The van der Waals surface area contributed by atoms with Crippen molar-refractivity contribution >= 4 is 5.78 Å². The average molecular weight is 259 g/mol. The van der Waals surface area contributed by atoms with Crippen molar-refractivity contribution in [2.45, 2.75) is 33.6 Å². The highest BCUT2D eigenvalue weighted by atomic mass is 16.1. The van der Waals surface area contributed by atoms with Gasteiger partial charge in [-0.05, 0) is 25.3 Å². The SMILES string of the molecule is CCN(CC1CC1)CC(C)(C)C(=O)c1ccccc1. The predicted octanol–water partition coefficient (Wildman–Crippen LogP) is 3.63. The highest BCUT2D eigenvalue weighted by Crippen LogP contribution is 2.31. The molecule has 0 N–H and O–H groups in total. The zero-order valence-electron chi connectivity index (χ0n) is 12.4. The molecule has 0 saturated heterocycles. The van der Waals surface area contributed by atoms with Crippen LogP contribution in [0.1, 0.15) is 44.0 Å². The van der Waals surface area contributed by atoms with Gasteiger partial charge in [-0.25, -0.2) is 0 Å². The van der Waals surface area contributed by atoms with Gasteiger partial charge in [-0.3, -0.25) is 4.79 Å². The van der Waals surface area contributed by atoms with E-state index in [1.165, 1.54) is 12.8 Å². The molecule has 0 heterocycles. The Morgan fingerprint density at radius 2 is 1.89 bits per heavy atom. The van der Waals surface area contributed by atoms with E-state index in [2.05, 4.69) is 25.7 Å². The van der Waals surface area contributed by atoms with Crippen LogP contribution in [0.4, 0.5) is 0 Å². The molecule has 1 fully saturated rings. The molecule has 0 spiro atoms. The second kappa shape index (κ2) is 5.87. The summed E-state index contributed by atoms with van der Waals surface area (Å²) in [5.41, 5.74) is 0.515. The summed E-state index contributed by atoms with van der Waals surface area (Å²) in [4.78, 5) is 15.0. The number of Topliss-reactive ketones (excluding diaryl/α,β-unsaturated/α-hetero) is 1. The van der Waals surface area contributed by atoms with E-state index in [9.17, 15) is 4.79 Å². The Morgan fingerprint density at radius 3 is 2.42 bits per heavy atom. The van der Waals surface area contributed by atoms with Crippen LogP contribution >= 0.6 is 0 Å². The van der Waals surface area contributed by atoms with Gasteiger partial charge in [-0.1, -0.05) is 51.1 Å². The van der Waals surface area contributed by atoms with Crippen LogP contribution in [0.15, 0.2) is 30.3 Å². The highest BCUT2D eigenvalue weighted by molar-refractivity contribution is 6.00. The van der Waals surface area contributed by atoms with Crippen molar-refractivity contribution in [3.63, 3.8) is 0 Å². The summed E-state index contributed by atoms with van der Waals surface area (Å²) in [6.07, 6.45) is 2.73. The first-order chi connectivity index (χ1) is 9.03. The number of benzene rings is 1. The number of rotatable bonds is 7. The third-order valence-electron chi connectivity index (χ3n) is 3.93. The third kappa shape index (κ3) is 3.90. The van der Waals surface area contributed by atoms with Gasteiger partial charge in [-0.15, -0.1) is 0 Å². The molecule has 2 nitrogen and oxygen atoms in total. The van der Waals surface area contributed by atoms with E-state index < -0.39 is 0 Å². The average Bonchev–Trinajstić information content (AvgIpc) is 3.21. The van der Waals surface area contributed by atoms with E-state index in [-0.39, 0.29) is 11.2 Å². The summed E-state index contributed by atoms with van der Waals surface area (Å²) in [6.45, 7) is 9.36. The molecule has 1 saturated carbocycles. The lowest BCUT2D eigenvalue weighted by Crippen LogP contribution is -2.40. The Bertz CT molecular complexity index is 420. The molecule has 104 valence electrons. The molecule has 0 amide bonds. The normalized spacial score (nSPS) is 15.8. The minimum Gasteiger partial charge on any atom is -0.302 e. The topological polar surface area (TPSA) is 20.3 Å². The van der Waals surface area contributed by atoms with Gasteiger partial charge in [-0.2, -0.15) is 0 Å². The zero-order chi connectivity index (χ0) is 13.9. The quantitative estimate of drug-likeness (QED) is 0.697. The van der Waals surface area contributed by atoms with Crippen LogP contribution in [0, 0.1) is 11.3 Å². The number of carbonyl (C=O) groups excluding carboxylic acids is 1. The third-order valence-corrected chi connectivity index (χ3v) is 3.93. The minimum atomic E-state index is -0.313. The second-order valence-corrected chi connectivity index (χ2v) is 6.35. The molecule has 2 heteroatoms. The Hall–Kier alpha value is -1.15. The molecule has 1 aliphatic rings. The van der Waals surface area contributed by atoms with Gasteiger partial charge in [0, 0.05) is 24.1 Å². The first-order valence-corrected chi connectivity index (χ1v) is 7.35. The fraction of sp³-hybridized carbons (Fsp3) is 0.588. The number of hydrogen-bond acceptors (Lipinski definition) is 2. The molecule has 0 unspecified atom stereocenters. The van der Waals surface area contributed by atoms with Crippen LogP contribution in [0.2, 0.25) is 0 Å². The van der Waals surface area contributed by atoms with Crippen molar-refractivity contribution in [1.82, 2.24) is 4.90 Å². The molecule has 0 aromatic heterocycles. The molecule has 0 atom stereocenters. The van der Waals surface area contributed by atoms with E-state index >= 15 is 0 Å². The van der Waals surface area contributed by atoms with E-state index in [0.717, 1.165) is 31.1 Å². The lowest BCUT2D eigenvalue weighted by molar-refractivity contribution is 0.0764. The molecule has 19 heavy (non-hydrogen) atoms. The van der Waals surface area contributed by atoms with Gasteiger partial charge in [0.25, 0.3) is 0 Å². The van der Waals surface area contributed by atoms with Gasteiger partial charge < -0.3 is 4.90 Å². The molecule has 0 radical (unpaired) electrons. The van der Waals surface area contributed by atoms with E-state index in [1.54, 1.807) is 0 Å². The molecule has 2 rings (SSSR count). The van der Waals surface area contributed by atoms with Gasteiger partial charge in [0.15, 0.2) is 5.78 Å². The maximum absolute atomic E-state index is 12.6. The van der Waals surface area contributed by atoms with Crippen LogP contribution in [0.3, 0.4) is 0 Å². The standard InChI is InChI=1S/C17H25NO/c1-4-18(12-14-10-11-14)13-17(2,3)16(19)15-8-6-5-7-9-15/h5-9,14H,4,10-13H2,1-3H3. The summed E-state index contributed by atoms with van der Waals surface area (Å²) in [5.74, 6) is 1.13. The lowest BCUT2D eigenvalue weighted by atomic mass is 9.83. The van der Waals surface area contributed by atoms with E-state index in [1.807, 2.05) is 30.3 Å². The van der Waals surface area contributed by atoms with Crippen LogP contribution in [-0.4, -0.2) is 30.3 Å². The molecule has 1 aromatic rings. The zero-order valence-corrected chi connectivity index (χ0v) is 12.4. The van der Waals surface area contributed by atoms with Crippen molar-refractivity contribution in [1.29, 1.82) is 0 Å². The number of hydrogen-bond donors (Lipinski definition) is 0. The van der Waals surface area contributed by atoms with Gasteiger partial charge in [0.05, 0.1) is 0 Å². The van der Waals surface area contributed by atoms with Crippen LogP contribution < -0.4 is 0 Å². The summed E-state index contributed by atoms with van der Waals surface area (Å²) >= 11 is 0. The largest absolute Gasteiger partial charge is 0.302 e. The van der Waals surface area contributed by atoms with E-state index in [0.29, 0.717) is 0 Å². The number of nitrogens with zero attached hydrogens (tertiary/aromatic N) is 1. The molecule has 1 aliphatic carbocycles. The molecular formula is C17H25NO. The van der Waals surface area contributed by atoms with Crippen molar-refractivity contribution in [2.75, 3.05) is 19.6 Å². The Balaban J connectivity index is 2.01. The molecule has 0 bridgehead atoms. The number of ketones is 1. The Labute approximate surface area is 116 Å². The first kappa shape index (κ1) is 14.3. The fourth-order valence-corrected chi connectivity index (χ4v) is 2.58. The predicted molar refractivity (Wildman–Crippen MR) is 79.4 cm³/mol. The highest BCUT2D eigenvalue weighted by Gasteiger charge is 2.32. The lowest BCUT2D eigenvalue weighted by Gasteiger charge is -2.31. The first-order valence-electron chi connectivity index (χ1n) is 7.35. The van der Waals surface area contributed by atoms with Crippen molar-refractivity contribution < 1.29 is 4.79 Å². The summed E-state index contributed by atoms with van der Waals surface area (Å²) in [5, 5.41) is 0. The van der Waals surface area contributed by atoms with Crippen molar-refractivity contribution in [3.05, 3.63) is 35.9 Å². The fourth-order valence-electron chi connectivity index (χ4n) is 2.58. The van der Waals surface area contributed by atoms with Gasteiger partial charge >= 0.3 is 0 Å². The second-order valence-electron chi connectivity index (χ2n) is 6.35. The van der Waals surface area contributed by atoms with Crippen LogP contribution in [0.5, 0.6) is 0 Å². The molecule has 0 aliphatic heterocycles. The van der Waals surface area contributed by atoms with Crippen LogP contribution in [-0.2, 0) is 0 Å². The minimum absolute atomic E-state index is 0.252. The monoisotopic (exact) mass is 259 g/mol. The van der Waals surface area contributed by atoms with E-state index in [4.69, 9.17) is 0 Å². The summed E-state index contributed by atoms with van der Waals surface area (Å²) < 4.78 is 0. The van der Waals surface area contributed by atoms with Gasteiger partial charge in [0.1, 0.15) is 0 Å². The molecular weight excluding hydrogens is 234 g/mol. The van der Waals surface area contributed by atoms with Crippen LogP contribution in [0.25, 0.3) is 0 Å². The smallest absolute Gasteiger partial charge is 0.169 e.